The summed E-state index contributed by atoms with van der Waals surface area (Å²) in [5, 5.41) is 9.34. The maximum atomic E-state index is 11.9. The average Bonchev–Trinajstić information content (AvgIpc) is 3.08. The van der Waals surface area contributed by atoms with E-state index in [4.69, 9.17) is 0 Å². The van der Waals surface area contributed by atoms with Crippen LogP contribution in [0.2, 0.25) is 0 Å². The molecule has 1 aliphatic rings. The van der Waals surface area contributed by atoms with Gasteiger partial charge in [-0.1, -0.05) is 12.1 Å². The predicted molar refractivity (Wildman–Crippen MR) is 108 cm³/mol. The molecule has 0 aliphatic carbocycles. The fourth-order valence-electron chi connectivity index (χ4n) is 3.00. The zero-order valence-corrected chi connectivity index (χ0v) is 16.4. The monoisotopic (exact) mass is 373 g/mol. The smallest absolute Gasteiger partial charge is 0.251 e. The Hall–Kier alpha value is -2.57. The Morgan fingerprint density at radius 2 is 2.00 bits per heavy atom. The molecule has 0 saturated carbocycles. The van der Waals surface area contributed by atoms with Gasteiger partial charge < -0.3 is 20.9 Å². The average molecular weight is 374 g/mol. The molecule has 0 spiro atoms. The van der Waals surface area contributed by atoms with E-state index in [0.29, 0.717) is 25.1 Å². The minimum Gasteiger partial charge on any atom is -0.357 e. The van der Waals surface area contributed by atoms with Crippen molar-refractivity contribution < 1.29 is 9.59 Å². The van der Waals surface area contributed by atoms with Crippen LogP contribution in [0, 0.1) is 0 Å². The number of carbonyl (C=O) groups is 2. The minimum absolute atomic E-state index is 0.0650. The second-order valence-electron chi connectivity index (χ2n) is 6.52. The van der Waals surface area contributed by atoms with Crippen molar-refractivity contribution in [3.05, 3.63) is 35.4 Å². The molecule has 0 bridgehead atoms. The van der Waals surface area contributed by atoms with E-state index in [1.165, 1.54) is 0 Å². The lowest BCUT2D eigenvalue weighted by Gasteiger charge is -2.16. The SMILES string of the molecule is CCNC(=O)c1cccc(CN=C(NCC)NCCCN2CCCC2=O)c1. The molecule has 0 radical (unpaired) electrons. The van der Waals surface area contributed by atoms with Crippen molar-refractivity contribution in [3.63, 3.8) is 0 Å². The molecular weight excluding hydrogens is 342 g/mol. The number of nitrogens with one attached hydrogen (secondary N) is 3. The lowest BCUT2D eigenvalue weighted by atomic mass is 10.1. The molecule has 1 aliphatic heterocycles. The Morgan fingerprint density at radius 3 is 2.70 bits per heavy atom. The molecule has 0 unspecified atom stereocenters. The fourth-order valence-corrected chi connectivity index (χ4v) is 3.00. The first-order valence-corrected chi connectivity index (χ1v) is 9.81. The minimum atomic E-state index is -0.0650. The van der Waals surface area contributed by atoms with Gasteiger partial charge in [0.15, 0.2) is 5.96 Å². The Balaban J connectivity index is 1.84. The molecule has 148 valence electrons. The Morgan fingerprint density at radius 1 is 1.19 bits per heavy atom. The van der Waals surface area contributed by atoms with Crippen molar-refractivity contribution in [1.82, 2.24) is 20.9 Å². The summed E-state index contributed by atoms with van der Waals surface area (Å²) in [7, 11) is 0. The molecule has 1 heterocycles. The zero-order valence-electron chi connectivity index (χ0n) is 16.4. The quantitative estimate of drug-likeness (QED) is 0.348. The summed E-state index contributed by atoms with van der Waals surface area (Å²) in [5.74, 6) is 0.945. The van der Waals surface area contributed by atoms with Crippen molar-refractivity contribution in [3.8, 4) is 0 Å². The number of aliphatic imine (C=N–C) groups is 1. The van der Waals surface area contributed by atoms with Gasteiger partial charge in [0.2, 0.25) is 5.91 Å². The second-order valence-corrected chi connectivity index (χ2v) is 6.52. The summed E-state index contributed by atoms with van der Waals surface area (Å²) in [5.41, 5.74) is 1.64. The van der Waals surface area contributed by atoms with E-state index >= 15 is 0 Å². The van der Waals surface area contributed by atoms with Crippen molar-refractivity contribution >= 4 is 17.8 Å². The molecule has 1 aromatic carbocycles. The highest BCUT2D eigenvalue weighted by molar-refractivity contribution is 5.94. The molecule has 1 saturated heterocycles. The van der Waals surface area contributed by atoms with Gasteiger partial charge in [0.05, 0.1) is 6.54 Å². The van der Waals surface area contributed by atoms with Crippen LogP contribution < -0.4 is 16.0 Å². The van der Waals surface area contributed by atoms with Gasteiger partial charge in [-0.15, -0.1) is 0 Å². The molecule has 7 heteroatoms. The highest BCUT2D eigenvalue weighted by Crippen LogP contribution is 2.09. The maximum Gasteiger partial charge on any atom is 0.251 e. The number of carbonyl (C=O) groups excluding carboxylic acids is 2. The standard InChI is InChI=1S/C20H31N5O2/c1-3-21-19(27)17-9-5-8-16(14-17)15-24-20(22-4-2)23-11-7-13-25-12-6-10-18(25)26/h5,8-9,14H,3-4,6-7,10-13,15H2,1-2H3,(H,21,27)(H2,22,23,24). The molecule has 27 heavy (non-hydrogen) atoms. The third-order valence-corrected chi connectivity index (χ3v) is 4.36. The number of hydrogen-bond donors (Lipinski definition) is 3. The predicted octanol–water partition coefficient (Wildman–Crippen LogP) is 1.50. The van der Waals surface area contributed by atoms with Crippen LogP contribution in [0.3, 0.4) is 0 Å². The van der Waals surface area contributed by atoms with Crippen LogP contribution >= 0.6 is 0 Å². The van der Waals surface area contributed by atoms with E-state index in [-0.39, 0.29) is 11.8 Å². The van der Waals surface area contributed by atoms with Gasteiger partial charge in [-0.05, 0) is 44.4 Å². The third kappa shape index (κ3) is 6.92. The zero-order chi connectivity index (χ0) is 19.5. The van der Waals surface area contributed by atoms with Gasteiger partial charge in [-0.3, -0.25) is 9.59 Å². The van der Waals surface area contributed by atoms with Crippen molar-refractivity contribution in [2.75, 3.05) is 32.7 Å². The van der Waals surface area contributed by atoms with E-state index in [9.17, 15) is 9.59 Å². The lowest BCUT2D eigenvalue weighted by Crippen LogP contribution is -2.39. The van der Waals surface area contributed by atoms with E-state index in [0.717, 1.165) is 50.5 Å². The topological polar surface area (TPSA) is 85.8 Å². The number of guanidine groups is 1. The summed E-state index contributed by atoms with van der Waals surface area (Å²) >= 11 is 0. The van der Waals surface area contributed by atoms with Crippen molar-refractivity contribution in [2.24, 2.45) is 4.99 Å². The molecule has 0 aromatic heterocycles. The van der Waals surface area contributed by atoms with E-state index in [1.54, 1.807) is 6.07 Å². The van der Waals surface area contributed by atoms with E-state index in [1.807, 2.05) is 36.9 Å². The van der Waals surface area contributed by atoms with Crippen LogP contribution in [-0.2, 0) is 11.3 Å². The van der Waals surface area contributed by atoms with Gasteiger partial charge in [0.25, 0.3) is 5.91 Å². The molecule has 7 nitrogen and oxygen atoms in total. The fraction of sp³-hybridized carbons (Fsp3) is 0.550. The molecule has 2 amide bonds. The van der Waals surface area contributed by atoms with Crippen LogP contribution in [0.15, 0.2) is 29.3 Å². The molecule has 2 rings (SSSR count). The summed E-state index contributed by atoms with van der Waals surface area (Å²) in [6.07, 6.45) is 2.56. The highest BCUT2D eigenvalue weighted by Gasteiger charge is 2.18. The number of rotatable bonds is 9. The third-order valence-electron chi connectivity index (χ3n) is 4.36. The Bertz CT molecular complexity index is 660. The van der Waals surface area contributed by atoms with Gasteiger partial charge in [0.1, 0.15) is 0 Å². The Labute approximate surface area is 161 Å². The highest BCUT2D eigenvalue weighted by atomic mass is 16.2. The van der Waals surface area contributed by atoms with Gasteiger partial charge in [-0.25, -0.2) is 4.99 Å². The maximum absolute atomic E-state index is 11.9. The first-order valence-electron chi connectivity index (χ1n) is 9.81. The van der Waals surface area contributed by atoms with Crippen LogP contribution in [0.4, 0.5) is 0 Å². The first kappa shape index (κ1) is 20.7. The summed E-state index contributed by atoms with van der Waals surface area (Å²) in [4.78, 5) is 30.1. The second kappa shape index (κ2) is 11.2. The molecular formula is C20H31N5O2. The van der Waals surface area contributed by atoms with Gasteiger partial charge in [-0.2, -0.15) is 0 Å². The number of nitrogens with zero attached hydrogens (tertiary/aromatic N) is 2. The lowest BCUT2D eigenvalue weighted by molar-refractivity contribution is -0.127. The Kier molecular flexibility index (Phi) is 8.61. The number of amides is 2. The molecule has 0 atom stereocenters. The van der Waals surface area contributed by atoms with Gasteiger partial charge >= 0.3 is 0 Å². The number of benzene rings is 1. The summed E-state index contributed by atoms with van der Waals surface area (Å²) in [6.45, 7) is 8.24. The first-order chi connectivity index (χ1) is 13.1. The normalized spacial score (nSPS) is 14.4. The van der Waals surface area contributed by atoms with Crippen LogP contribution in [0.1, 0.15) is 49.0 Å². The van der Waals surface area contributed by atoms with E-state index < -0.39 is 0 Å². The van der Waals surface area contributed by atoms with Crippen molar-refractivity contribution in [1.29, 1.82) is 0 Å². The van der Waals surface area contributed by atoms with Crippen LogP contribution in [-0.4, -0.2) is 55.4 Å². The molecule has 3 N–H and O–H groups in total. The largest absolute Gasteiger partial charge is 0.357 e. The van der Waals surface area contributed by atoms with Gasteiger partial charge in [0, 0.05) is 44.7 Å². The number of hydrogen-bond acceptors (Lipinski definition) is 3. The van der Waals surface area contributed by atoms with Crippen molar-refractivity contribution in [2.45, 2.75) is 39.7 Å². The summed E-state index contributed by atoms with van der Waals surface area (Å²) < 4.78 is 0. The molecule has 1 aromatic rings. The molecule has 1 fully saturated rings. The number of likely N-dealkylation sites (tertiary alicyclic amines) is 1. The van der Waals surface area contributed by atoms with E-state index in [2.05, 4.69) is 20.9 Å². The van der Waals surface area contributed by atoms with Crippen LogP contribution in [0.5, 0.6) is 0 Å². The van der Waals surface area contributed by atoms with Crippen LogP contribution in [0.25, 0.3) is 0 Å². The summed E-state index contributed by atoms with van der Waals surface area (Å²) in [6, 6.07) is 7.52.